The van der Waals surface area contributed by atoms with Crippen LogP contribution in [0.4, 0.5) is 0 Å². The summed E-state index contributed by atoms with van der Waals surface area (Å²) < 4.78 is 5.39. The third-order valence-electron chi connectivity index (χ3n) is 4.19. The molecule has 1 aliphatic carbocycles. The Kier molecular flexibility index (Phi) is 8.67. The van der Waals surface area contributed by atoms with Crippen molar-refractivity contribution >= 4 is 0 Å². The minimum Gasteiger partial charge on any atom is -0.383 e. The van der Waals surface area contributed by atoms with Crippen LogP contribution in [0.15, 0.2) is 0 Å². The minimum absolute atomic E-state index is 0.505. The lowest BCUT2D eigenvalue weighted by atomic mass is 9.89. The van der Waals surface area contributed by atoms with E-state index < -0.39 is 0 Å². The number of nitrogens with zero attached hydrogens (tertiary/aromatic N) is 1. The van der Waals surface area contributed by atoms with Crippen LogP contribution >= 0.6 is 0 Å². The van der Waals surface area contributed by atoms with E-state index in [1.807, 2.05) is 7.11 Å². The predicted molar refractivity (Wildman–Crippen MR) is 82.6 cm³/mol. The Hall–Kier alpha value is -0.120. The molecule has 1 atom stereocenters. The highest BCUT2D eigenvalue weighted by atomic mass is 16.5. The molecule has 0 amide bonds. The van der Waals surface area contributed by atoms with Gasteiger partial charge in [-0.15, -0.1) is 0 Å². The van der Waals surface area contributed by atoms with E-state index in [0.29, 0.717) is 12.0 Å². The average Bonchev–Trinajstić information content (AvgIpc) is 2.38. The van der Waals surface area contributed by atoms with Crippen LogP contribution in [0.25, 0.3) is 0 Å². The Bertz CT molecular complexity index is 215. The van der Waals surface area contributed by atoms with E-state index in [0.717, 1.165) is 25.6 Å². The van der Waals surface area contributed by atoms with E-state index in [1.54, 1.807) is 0 Å². The second-order valence-electron chi connectivity index (χ2n) is 6.60. The maximum Gasteiger partial charge on any atom is 0.0630 e. The smallest absolute Gasteiger partial charge is 0.0630 e. The third kappa shape index (κ3) is 7.28. The van der Waals surface area contributed by atoms with Crippen LogP contribution in [0.2, 0.25) is 0 Å². The van der Waals surface area contributed by atoms with Gasteiger partial charge in [0.05, 0.1) is 6.61 Å². The van der Waals surface area contributed by atoms with Gasteiger partial charge in [0.15, 0.2) is 0 Å². The first-order chi connectivity index (χ1) is 9.13. The fraction of sp³-hybridized carbons (Fsp3) is 1.00. The van der Waals surface area contributed by atoms with Crippen molar-refractivity contribution in [2.45, 2.75) is 52.0 Å². The Morgan fingerprint density at radius 2 is 1.84 bits per heavy atom. The molecule has 0 radical (unpaired) electrons. The van der Waals surface area contributed by atoms with Crippen LogP contribution in [-0.2, 0) is 4.74 Å². The van der Waals surface area contributed by atoms with Crippen molar-refractivity contribution in [2.24, 2.45) is 11.8 Å². The van der Waals surface area contributed by atoms with E-state index in [4.69, 9.17) is 4.74 Å². The van der Waals surface area contributed by atoms with Crippen molar-refractivity contribution in [3.63, 3.8) is 0 Å². The Morgan fingerprint density at radius 3 is 2.42 bits per heavy atom. The maximum absolute atomic E-state index is 5.39. The van der Waals surface area contributed by atoms with Crippen LogP contribution < -0.4 is 5.32 Å². The fourth-order valence-electron chi connectivity index (χ4n) is 3.00. The van der Waals surface area contributed by atoms with E-state index in [2.05, 4.69) is 31.1 Å². The number of hydrogen-bond acceptors (Lipinski definition) is 3. The molecule has 0 spiro atoms. The topological polar surface area (TPSA) is 24.5 Å². The zero-order valence-electron chi connectivity index (χ0n) is 13.5. The number of ether oxygens (including phenoxy) is 1. The summed E-state index contributed by atoms with van der Waals surface area (Å²) in [5, 5.41) is 3.57. The molecule has 1 unspecified atom stereocenters. The number of methoxy groups -OCH3 is 1. The summed E-state index contributed by atoms with van der Waals surface area (Å²) in [6.07, 6.45) is 7.14. The normalized spacial score (nSPS) is 19.3. The first-order valence-corrected chi connectivity index (χ1v) is 8.03. The van der Waals surface area contributed by atoms with Gasteiger partial charge in [0.1, 0.15) is 0 Å². The van der Waals surface area contributed by atoms with Crippen molar-refractivity contribution in [1.82, 2.24) is 10.2 Å². The van der Waals surface area contributed by atoms with Gasteiger partial charge < -0.3 is 10.1 Å². The summed E-state index contributed by atoms with van der Waals surface area (Å²) in [4.78, 5) is 2.51. The van der Waals surface area contributed by atoms with Crippen molar-refractivity contribution in [2.75, 3.05) is 40.4 Å². The van der Waals surface area contributed by atoms with Gasteiger partial charge in [0.2, 0.25) is 0 Å². The van der Waals surface area contributed by atoms with Gasteiger partial charge in [-0.3, -0.25) is 4.90 Å². The van der Waals surface area contributed by atoms with Gasteiger partial charge >= 0.3 is 0 Å². The molecule has 0 aliphatic heterocycles. The first-order valence-electron chi connectivity index (χ1n) is 8.03. The summed E-state index contributed by atoms with van der Waals surface area (Å²) in [5.74, 6) is 1.62. The van der Waals surface area contributed by atoms with Gasteiger partial charge in [-0.1, -0.05) is 33.1 Å². The van der Waals surface area contributed by atoms with Gasteiger partial charge in [-0.25, -0.2) is 0 Å². The molecule has 1 saturated carbocycles. The molecule has 1 aliphatic rings. The predicted octanol–water partition coefficient (Wildman–Crippen LogP) is 2.76. The van der Waals surface area contributed by atoms with Crippen LogP contribution in [0, 0.1) is 11.8 Å². The fourth-order valence-corrected chi connectivity index (χ4v) is 3.00. The van der Waals surface area contributed by atoms with E-state index in [9.17, 15) is 0 Å². The highest BCUT2D eigenvalue weighted by molar-refractivity contribution is 4.76. The van der Waals surface area contributed by atoms with Crippen molar-refractivity contribution in [3.8, 4) is 0 Å². The lowest BCUT2D eigenvalue weighted by Crippen LogP contribution is -2.45. The Morgan fingerprint density at radius 1 is 1.16 bits per heavy atom. The quantitative estimate of drug-likeness (QED) is 0.697. The molecule has 3 heteroatoms. The van der Waals surface area contributed by atoms with Crippen LogP contribution in [0.1, 0.15) is 46.0 Å². The summed E-state index contributed by atoms with van der Waals surface area (Å²) in [6.45, 7) is 8.70. The zero-order chi connectivity index (χ0) is 14.1. The zero-order valence-corrected chi connectivity index (χ0v) is 13.5. The average molecular weight is 270 g/mol. The Balaban J connectivity index is 2.31. The standard InChI is InChI=1S/C16H34N2O/c1-14(2)10-17-11-16(13-19-4)18(3)12-15-8-6-5-7-9-15/h14-17H,5-13H2,1-4H3. The highest BCUT2D eigenvalue weighted by Gasteiger charge is 2.20. The van der Waals surface area contributed by atoms with E-state index >= 15 is 0 Å². The van der Waals surface area contributed by atoms with E-state index in [-0.39, 0.29) is 0 Å². The lowest BCUT2D eigenvalue weighted by molar-refractivity contribution is 0.0899. The number of rotatable bonds is 9. The molecule has 0 aromatic carbocycles. The molecule has 1 fully saturated rings. The molecule has 114 valence electrons. The molecular formula is C16H34N2O. The van der Waals surface area contributed by atoms with Crippen LogP contribution in [-0.4, -0.2) is 51.3 Å². The van der Waals surface area contributed by atoms with Gasteiger partial charge in [0.25, 0.3) is 0 Å². The van der Waals surface area contributed by atoms with Crippen molar-refractivity contribution < 1.29 is 4.74 Å². The largest absolute Gasteiger partial charge is 0.383 e. The molecule has 0 saturated heterocycles. The lowest BCUT2D eigenvalue weighted by Gasteiger charge is -2.33. The van der Waals surface area contributed by atoms with Crippen LogP contribution in [0.5, 0.6) is 0 Å². The molecule has 0 aromatic heterocycles. The monoisotopic (exact) mass is 270 g/mol. The summed E-state index contributed by atoms with van der Waals surface area (Å²) in [6, 6.07) is 0.505. The van der Waals surface area contributed by atoms with Crippen LogP contribution in [0.3, 0.4) is 0 Å². The SMILES string of the molecule is COCC(CNCC(C)C)N(C)CC1CCCCC1. The molecule has 19 heavy (non-hydrogen) atoms. The maximum atomic E-state index is 5.39. The first kappa shape index (κ1) is 16.9. The summed E-state index contributed by atoms with van der Waals surface area (Å²) >= 11 is 0. The molecule has 0 aromatic rings. The van der Waals surface area contributed by atoms with E-state index in [1.165, 1.54) is 38.6 Å². The Labute approximate surface area is 120 Å². The van der Waals surface area contributed by atoms with Crippen molar-refractivity contribution in [1.29, 1.82) is 0 Å². The molecule has 1 rings (SSSR count). The summed E-state index contributed by atoms with van der Waals surface area (Å²) in [7, 11) is 4.07. The number of hydrogen-bond donors (Lipinski definition) is 1. The van der Waals surface area contributed by atoms with Gasteiger partial charge in [-0.05, 0) is 38.3 Å². The number of likely N-dealkylation sites (N-methyl/N-ethyl adjacent to an activating group) is 1. The second-order valence-corrected chi connectivity index (χ2v) is 6.60. The molecule has 1 N–H and O–H groups in total. The van der Waals surface area contributed by atoms with Gasteiger partial charge in [0, 0.05) is 26.2 Å². The summed E-state index contributed by atoms with van der Waals surface area (Å²) in [5.41, 5.74) is 0. The molecule has 0 bridgehead atoms. The van der Waals surface area contributed by atoms with Gasteiger partial charge in [-0.2, -0.15) is 0 Å². The molecule has 0 heterocycles. The molecule has 3 nitrogen and oxygen atoms in total. The second kappa shape index (κ2) is 9.73. The minimum atomic E-state index is 0.505. The molecular weight excluding hydrogens is 236 g/mol. The highest BCUT2D eigenvalue weighted by Crippen LogP contribution is 2.24. The number of nitrogens with one attached hydrogen (secondary N) is 1. The third-order valence-corrected chi connectivity index (χ3v) is 4.19. The van der Waals surface area contributed by atoms with Crippen molar-refractivity contribution in [3.05, 3.63) is 0 Å².